The van der Waals surface area contributed by atoms with Crippen molar-refractivity contribution in [2.45, 2.75) is 48.8 Å². The third-order valence-electron chi connectivity index (χ3n) is 6.10. The molecule has 2 saturated heterocycles. The van der Waals surface area contributed by atoms with E-state index in [-0.39, 0.29) is 23.4 Å². The van der Waals surface area contributed by atoms with Crippen molar-refractivity contribution in [3.05, 3.63) is 66.0 Å². The average Bonchev–Trinajstić information content (AvgIpc) is 3.17. The van der Waals surface area contributed by atoms with E-state index in [0.29, 0.717) is 18.8 Å². The van der Waals surface area contributed by atoms with Crippen LogP contribution in [0.3, 0.4) is 0 Å². The van der Waals surface area contributed by atoms with Gasteiger partial charge in [0, 0.05) is 36.6 Å². The molecule has 1 amide bonds. The van der Waals surface area contributed by atoms with Gasteiger partial charge in [0.2, 0.25) is 5.91 Å². The van der Waals surface area contributed by atoms with Crippen LogP contribution >= 0.6 is 11.8 Å². The predicted octanol–water partition coefficient (Wildman–Crippen LogP) is 4.25. The van der Waals surface area contributed by atoms with Crippen molar-refractivity contribution in [1.29, 1.82) is 0 Å². The van der Waals surface area contributed by atoms with Crippen LogP contribution in [0, 0.1) is 5.82 Å². The smallest absolute Gasteiger partial charge is 0.230 e. The molecule has 0 saturated carbocycles. The van der Waals surface area contributed by atoms with Gasteiger partial charge in [0.1, 0.15) is 5.82 Å². The normalized spacial score (nSPS) is 21.0. The molecule has 2 aliphatic rings. The predicted molar refractivity (Wildman–Crippen MR) is 118 cm³/mol. The van der Waals surface area contributed by atoms with Crippen molar-refractivity contribution < 1.29 is 13.9 Å². The molecular weight excluding hydrogens is 399 g/mol. The molecule has 4 nitrogen and oxygen atoms in total. The number of likely N-dealkylation sites (tertiary alicyclic amines) is 1. The molecule has 1 atom stereocenters. The summed E-state index contributed by atoms with van der Waals surface area (Å²) in [6.45, 7) is 3.07. The van der Waals surface area contributed by atoms with Gasteiger partial charge in [0.05, 0.1) is 17.5 Å². The van der Waals surface area contributed by atoms with Crippen molar-refractivity contribution in [1.82, 2.24) is 10.2 Å². The summed E-state index contributed by atoms with van der Waals surface area (Å²) in [4.78, 5) is 15.6. The SMILES string of the molecule is O=C(CSc1ccccc1)NC[C@H]1CCC2(CCN(Cc3ccccc3F)CC2)O1. The maximum atomic E-state index is 13.9. The Bertz CT molecular complexity index is 840. The van der Waals surface area contributed by atoms with Gasteiger partial charge in [0.25, 0.3) is 0 Å². The Labute approximate surface area is 182 Å². The summed E-state index contributed by atoms with van der Waals surface area (Å²) in [5, 5.41) is 3.03. The Morgan fingerprint density at radius 3 is 2.60 bits per heavy atom. The number of rotatable bonds is 7. The molecule has 2 aromatic carbocycles. The monoisotopic (exact) mass is 428 g/mol. The Balaban J connectivity index is 1.17. The summed E-state index contributed by atoms with van der Waals surface area (Å²) >= 11 is 1.55. The lowest BCUT2D eigenvalue weighted by Crippen LogP contribution is -2.45. The van der Waals surface area contributed by atoms with Crippen LogP contribution in [-0.4, -0.2) is 47.9 Å². The van der Waals surface area contributed by atoms with Crippen LogP contribution in [-0.2, 0) is 16.1 Å². The van der Waals surface area contributed by atoms with Crippen LogP contribution in [0.5, 0.6) is 0 Å². The maximum absolute atomic E-state index is 13.9. The summed E-state index contributed by atoms with van der Waals surface area (Å²) in [6, 6.07) is 17.0. The number of carbonyl (C=O) groups excluding carboxylic acids is 1. The Morgan fingerprint density at radius 1 is 1.10 bits per heavy atom. The molecule has 4 rings (SSSR count). The molecule has 1 N–H and O–H groups in total. The molecular formula is C24H29FN2O2S. The van der Waals surface area contributed by atoms with Gasteiger partial charge >= 0.3 is 0 Å². The van der Waals surface area contributed by atoms with Crippen LogP contribution in [0.1, 0.15) is 31.2 Å². The fourth-order valence-corrected chi connectivity index (χ4v) is 5.09. The number of thioether (sulfide) groups is 1. The molecule has 6 heteroatoms. The summed E-state index contributed by atoms with van der Waals surface area (Å²) < 4.78 is 20.3. The minimum Gasteiger partial charge on any atom is -0.370 e. The van der Waals surface area contributed by atoms with E-state index in [1.165, 1.54) is 6.07 Å². The molecule has 160 valence electrons. The summed E-state index contributed by atoms with van der Waals surface area (Å²) in [5.41, 5.74) is 0.690. The van der Waals surface area contributed by atoms with Crippen LogP contribution in [0.15, 0.2) is 59.5 Å². The lowest BCUT2D eigenvalue weighted by molar-refractivity contribution is -0.120. The van der Waals surface area contributed by atoms with Gasteiger partial charge in [-0.1, -0.05) is 36.4 Å². The zero-order chi connectivity index (χ0) is 20.8. The second kappa shape index (κ2) is 9.94. The zero-order valence-electron chi connectivity index (χ0n) is 17.2. The molecule has 0 unspecified atom stereocenters. The standard InChI is InChI=1S/C24H29FN2O2S/c25-22-9-5-4-6-19(22)17-27-14-12-24(13-15-27)11-10-20(29-24)16-26-23(28)18-30-21-7-2-1-3-8-21/h1-9,20H,10-18H2,(H,26,28)/t20-/m1/s1. The first-order valence-electron chi connectivity index (χ1n) is 10.7. The summed E-state index contributed by atoms with van der Waals surface area (Å²) in [6.07, 6.45) is 4.05. The fourth-order valence-electron chi connectivity index (χ4n) is 4.34. The van der Waals surface area contributed by atoms with Gasteiger partial charge in [-0.2, -0.15) is 0 Å². The van der Waals surface area contributed by atoms with Crippen molar-refractivity contribution in [2.75, 3.05) is 25.4 Å². The van der Waals surface area contributed by atoms with Gasteiger partial charge in [-0.25, -0.2) is 4.39 Å². The number of halogens is 1. The maximum Gasteiger partial charge on any atom is 0.230 e. The highest BCUT2D eigenvalue weighted by molar-refractivity contribution is 8.00. The van der Waals surface area contributed by atoms with Crippen LogP contribution in [0.2, 0.25) is 0 Å². The first-order valence-corrected chi connectivity index (χ1v) is 11.7. The second-order valence-corrected chi connectivity index (χ2v) is 9.28. The van der Waals surface area contributed by atoms with E-state index < -0.39 is 0 Å². The Morgan fingerprint density at radius 2 is 1.83 bits per heavy atom. The number of piperidine rings is 1. The molecule has 30 heavy (non-hydrogen) atoms. The topological polar surface area (TPSA) is 41.6 Å². The van der Waals surface area contributed by atoms with E-state index in [1.807, 2.05) is 42.5 Å². The van der Waals surface area contributed by atoms with Crippen molar-refractivity contribution in [3.63, 3.8) is 0 Å². The largest absolute Gasteiger partial charge is 0.370 e. The van der Waals surface area contributed by atoms with E-state index in [9.17, 15) is 9.18 Å². The van der Waals surface area contributed by atoms with Gasteiger partial charge in [-0.15, -0.1) is 11.8 Å². The molecule has 0 aliphatic carbocycles. The molecule has 0 aromatic heterocycles. The van der Waals surface area contributed by atoms with Crippen LogP contribution in [0.4, 0.5) is 4.39 Å². The quantitative estimate of drug-likeness (QED) is 0.670. The first-order chi connectivity index (χ1) is 14.6. The first kappa shape index (κ1) is 21.3. The lowest BCUT2D eigenvalue weighted by Gasteiger charge is -2.39. The molecule has 2 heterocycles. The highest BCUT2D eigenvalue weighted by Crippen LogP contribution is 2.39. The molecule has 0 radical (unpaired) electrons. The zero-order valence-corrected chi connectivity index (χ0v) is 18.0. The van der Waals surface area contributed by atoms with E-state index in [0.717, 1.165) is 49.2 Å². The third-order valence-corrected chi connectivity index (χ3v) is 7.11. The van der Waals surface area contributed by atoms with Crippen LogP contribution < -0.4 is 5.32 Å². The third kappa shape index (κ3) is 5.62. The highest BCUT2D eigenvalue weighted by Gasteiger charge is 2.42. The second-order valence-electron chi connectivity index (χ2n) is 8.23. The van der Waals surface area contributed by atoms with Crippen molar-refractivity contribution in [3.8, 4) is 0 Å². The molecule has 1 spiro atoms. The molecule has 2 aliphatic heterocycles. The van der Waals surface area contributed by atoms with E-state index in [1.54, 1.807) is 17.8 Å². The molecule has 2 fully saturated rings. The van der Waals surface area contributed by atoms with Crippen molar-refractivity contribution >= 4 is 17.7 Å². The van der Waals surface area contributed by atoms with Gasteiger partial charge in [-0.05, 0) is 43.9 Å². The summed E-state index contributed by atoms with van der Waals surface area (Å²) in [5.74, 6) is 0.344. The number of amides is 1. The lowest BCUT2D eigenvalue weighted by atomic mass is 9.88. The number of nitrogens with zero attached hydrogens (tertiary/aromatic N) is 1. The average molecular weight is 429 g/mol. The van der Waals surface area contributed by atoms with E-state index in [2.05, 4.69) is 10.2 Å². The minimum atomic E-state index is -0.129. The molecule has 0 bridgehead atoms. The minimum absolute atomic E-state index is 0.0492. The number of nitrogens with one attached hydrogen (secondary N) is 1. The number of hydrogen-bond donors (Lipinski definition) is 1. The van der Waals surface area contributed by atoms with E-state index >= 15 is 0 Å². The highest BCUT2D eigenvalue weighted by atomic mass is 32.2. The number of ether oxygens (including phenoxy) is 1. The fraction of sp³-hybridized carbons (Fsp3) is 0.458. The van der Waals surface area contributed by atoms with Crippen molar-refractivity contribution in [2.24, 2.45) is 0 Å². The number of carbonyl (C=O) groups is 1. The van der Waals surface area contributed by atoms with Gasteiger partial charge in [-0.3, -0.25) is 9.69 Å². The van der Waals surface area contributed by atoms with E-state index in [4.69, 9.17) is 4.74 Å². The Hall–Kier alpha value is -1.89. The number of hydrogen-bond acceptors (Lipinski definition) is 4. The van der Waals surface area contributed by atoms with Crippen LogP contribution in [0.25, 0.3) is 0 Å². The molecule has 2 aromatic rings. The number of benzene rings is 2. The van der Waals surface area contributed by atoms with Gasteiger partial charge < -0.3 is 10.1 Å². The Kier molecular flexibility index (Phi) is 7.08. The summed E-state index contributed by atoms with van der Waals surface area (Å²) in [7, 11) is 0. The van der Waals surface area contributed by atoms with Gasteiger partial charge in [0.15, 0.2) is 0 Å².